The summed E-state index contributed by atoms with van der Waals surface area (Å²) in [4.78, 5) is 19.0. The lowest BCUT2D eigenvalue weighted by atomic mass is 9.87. The molecule has 0 saturated carbocycles. The number of morpholine rings is 1. The van der Waals surface area contributed by atoms with Crippen LogP contribution < -0.4 is 0 Å². The molecule has 1 aromatic rings. The van der Waals surface area contributed by atoms with E-state index in [2.05, 4.69) is 54.9 Å². The normalized spacial score (nSPS) is 20.6. The minimum absolute atomic E-state index is 0.153. The molecule has 1 amide bonds. The maximum absolute atomic E-state index is 12.1. The van der Waals surface area contributed by atoms with Crippen LogP contribution in [0.5, 0.6) is 0 Å². The third-order valence-electron chi connectivity index (χ3n) is 4.20. The number of carbonyl (C=O) groups is 1. The largest absolute Gasteiger partial charge is 0.378 e. The van der Waals surface area contributed by atoms with Crippen LogP contribution in [0.15, 0.2) is 46.3 Å². The van der Waals surface area contributed by atoms with Crippen LogP contribution in [0.3, 0.4) is 0 Å². The zero-order valence-electron chi connectivity index (χ0n) is 15.0. The highest BCUT2D eigenvalue weighted by Crippen LogP contribution is 2.29. The molecule has 0 atom stereocenters. The molecule has 132 valence electrons. The smallest absolute Gasteiger partial charge is 0.286 e. The summed E-state index contributed by atoms with van der Waals surface area (Å²) in [5.74, 6) is -0.153. The molecule has 1 aromatic carbocycles. The highest BCUT2D eigenvalue weighted by Gasteiger charge is 2.26. The summed E-state index contributed by atoms with van der Waals surface area (Å²) in [5.41, 5.74) is 2.59. The number of benzene rings is 1. The van der Waals surface area contributed by atoms with Gasteiger partial charge in [0, 0.05) is 13.1 Å². The highest BCUT2D eigenvalue weighted by atomic mass is 32.2. The molecule has 0 aromatic heterocycles. The van der Waals surface area contributed by atoms with Gasteiger partial charge in [-0.25, -0.2) is 0 Å². The van der Waals surface area contributed by atoms with Crippen molar-refractivity contribution in [1.82, 2.24) is 4.90 Å². The lowest BCUT2D eigenvalue weighted by molar-refractivity contribution is -0.113. The van der Waals surface area contributed by atoms with E-state index >= 15 is 0 Å². The fraction of sp³-hybridized carbons (Fsp3) is 0.400. The van der Waals surface area contributed by atoms with Gasteiger partial charge in [-0.3, -0.25) is 4.79 Å². The van der Waals surface area contributed by atoms with E-state index in [-0.39, 0.29) is 11.3 Å². The summed E-state index contributed by atoms with van der Waals surface area (Å²) in [6.07, 6.45) is 5.78. The van der Waals surface area contributed by atoms with Gasteiger partial charge in [0.1, 0.15) is 0 Å². The predicted molar refractivity (Wildman–Crippen MR) is 105 cm³/mol. The van der Waals surface area contributed by atoms with E-state index in [0.29, 0.717) is 18.1 Å². The predicted octanol–water partition coefficient (Wildman–Crippen LogP) is 3.84. The van der Waals surface area contributed by atoms with Crippen molar-refractivity contribution < 1.29 is 9.53 Å². The molecule has 0 aliphatic carbocycles. The number of carbonyl (C=O) groups excluding carboxylic acids is 1. The Balaban J connectivity index is 1.62. The van der Waals surface area contributed by atoms with Crippen LogP contribution >= 0.6 is 11.8 Å². The summed E-state index contributed by atoms with van der Waals surface area (Å²) in [6.45, 7) is 9.59. The van der Waals surface area contributed by atoms with Gasteiger partial charge in [-0.05, 0) is 34.4 Å². The molecule has 1 saturated heterocycles. The number of aliphatic imine (C=N–C) groups is 1. The fourth-order valence-corrected chi connectivity index (χ4v) is 3.56. The summed E-state index contributed by atoms with van der Waals surface area (Å²) in [7, 11) is 0. The van der Waals surface area contributed by atoms with Crippen LogP contribution in [0.4, 0.5) is 0 Å². The minimum Gasteiger partial charge on any atom is -0.378 e. The van der Waals surface area contributed by atoms with Gasteiger partial charge in [0.25, 0.3) is 5.91 Å². The zero-order chi connectivity index (χ0) is 17.9. The Morgan fingerprint density at radius 2 is 1.84 bits per heavy atom. The first-order valence-corrected chi connectivity index (χ1v) is 9.37. The molecule has 2 heterocycles. The molecule has 4 nitrogen and oxygen atoms in total. The van der Waals surface area contributed by atoms with Crippen molar-refractivity contribution in [2.24, 2.45) is 4.99 Å². The van der Waals surface area contributed by atoms with E-state index in [1.54, 1.807) is 0 Å². The van der Waals surface area contributed by atoms with Gasteiger partial charge in [-0.15, -0.1) is 0 Å². The average molecular weight is 356 g/mol. The highest BCUT2D eigenvalue weighted by molar-refractivity contribution is 8.18. The van der Waals surface area contributed by atoms with Crippen LogP contribution in [0.1, 0.15) is 31.9 Å². The molecular formula is C20H24N2O2S. The Bertz CT molecular complexity index is 721. The molecule has 0 bridgehead atoms. The molecule has 0 unspecified atom stereocenters. The van der Waals surface area contributed by atoms with Crippen LogP contribution in [-0.4, -0.2) is 42.3 Å². The number of allylic oxidation sites excluding steroid dienone is 2. The van der Waals surface area contributed by atoms with Crippen LogP contribution in [0, 0.1) is 0 Å². The first-order chi connectivity index (χ1) is 11.9. The number of amidine groups is 1. The van der Waals surface area contributed by atoms with Gasteiger partial charge < -0.3 is 9.64 Å². The monoisotopic (exact) mass is 356 g/mol. The van der Waals surface area contributed by atoms with Crippen molar-refractivity contribution in [3.05, 3.63) is 52.4 Å². The SMILES string of the molecule is CC(C)(C)c1ccc(/C=C/C=C2/SC(N3CCOCC3)=NC2=O)cc1. The maximum Gasteiger partial charge on any atom is 0.286 e. The van der Waals surface area contributed by atoms with Crippen molar-refractivity contribution in [2.45, 2.75) is 26.2 Å². The molecule has 3 rings (SSSR count). The summed E-state index contributed by atoms with van der Waals surface area (Å²) < 4.78 is 5.34. The van der Waals surface area contributed by atoms with E-state index in [1.807, 2.05) is 18.2 Å². The number of rotatable bonds is 2. The second kappa shape index (κ2) is 7.58. The van der Waals surface area contributed by atoms with Gasteiger partial charge in [0.15, 0.2) is 5.17 Å². The first-order valence-electron chi connectivity index (χ1n) is 8.56. The lowest BCUT2D eigenvalue weighted by Gasteiger charge is -2.27. The van der Waals surface area contributed by atoms with Crippen molar-refractivity contribution >= 4 is 28.9 Å². The minimum atomic E-state index is -0.153. The van der Waals surface area contributed by atoms with Gasteiger partial charge in [0.2, 0.25) is 0 Å². The van der Waals surface area contributed by atoms with E-state index in [4.69, 9.17) is 4.74 Å². The number of thioether (sulfide) groups is 1. The van der Waals surface area contributed by atoms with Gasteiger partial charge >= 0.3 is 0 Å². The topological polar surface area (TPSA) is 41.9 Å². The molecular weight excluding hydrogens is 332 g/mol. The van der Waals surface area contributed by atoms with Crippen LogP contribution in [0.25, 0.3) is 6.08 Å². The van der Waals surface area contributed by atoms with Gasteiger partial charge in [-0.2, -0.15) is 4.99 Å². The van der Waals surface area contributed by atoms with E-state index in [1.165, 1.54) is 17.3 Å². The maximum atomic E-state index is 12.1. The summed E-state index contributed by atoms with van der Waals surface area (Å²) >= 11 is 1.45. The van der Waals surface area contributed by atoms with Crippen LogP contribution in [0.2, 0.25) is 0 Å². The van der Waals surface area contributed by atoms with Gasteiger partial charge in [0.05, 0.1) is 18.1 Å². The van der Waals surface area contributed by atoms with Crippen molar-refractivity contribution in [1.29, 1.82) is 0 Å². The third kappa shape index (κ3) is 4.61. The quantitative estimate of drug-likeness (QED) is 0.755. The lowest BCUT2D eigenvalue weighted by Crippen LogP contribution is -2.38. The van der Waals surface area contributed by atoms with Gasteiger partial charge in [-0.1, -0.05) is 57.2 Å². The number of amides is 1. The van der Waals surface area contributed by atoms with E-state index < -0.39 is 0 Å². The van der Waals surface area contributed by atoms with Crippen molar-refractivity contribution in [3.8, 4) is 0 Å². The molecule has 1 fully saturated rings. The molecule has 25 heavy (non-hydrogen) atoms. The second-order valence-corrected chi connectivity index (χ2v) is 8.17. The van der Waals surface area contributed by atoms with E-state index in [9.17, 15) is 4.79 Å². The third-order valence-corrected chi connectivity index (χ3v) is 5.27. The fourth-order valence-electron chi connectivity index (χ4n) is 2.64. The summed E-state index contributed by atoms with van der Waals surface area (Å²) in [6, 6.07) is 8.52. The Kier molecular flexibility index (Phi) is 5.45. The van der Waals surface area contributed by atoms with E-state index in [0.717, 1.165) is 23.8 Å². The zero-order valence-corrected chi connectivity index (χ0v) is 15.8. The Labute approximate surface area is 153 Å². The van der Waals surface area contributed by atoms with Crippen molar-refractivity contribution in [3.63, 3.8) is 0 Å². The molecule has 2 aliphatic rings. The first kappa shape index (κ1) is 18.0. The number of hydrogen-bond donors (Lipinski definition) is 0. The van der Waals surface area contributed by atoms with Crippen molar-refractivity contribution in [2.75, 3.05) is 26.3 Å². The molecule has 0 N–H and O–H groups in total. The Morgan fingerprint density at radius 1 is 1.16 bits per heavy atom. The number of nitrogens with zero attached hydrogens (tertiary/aromatic N) is 2. The Hall–Kier alpha value is -1.85. The molecule has 0 spiro atoms. The standard InChI is InChI=1S/C20H24N2O2S/c1-20(2,3)16-9-7-15(8-10-16)5-4-6-17-18(23)21-19(25-17)22-11-13-24-14-12-22/h4-10H,11-14H2,1-3H3/b5-4+,17-6+. The summed E-state index contributed by atoms with van der Waals surface area (Å²) in [5, 5.41) is 0.794. The number of ether oxygens (including phenoxy) is 1. The second-order valence-electron chi connectivity index (χ2n) is 7.16. The van der Waals surface area contributed by atoms with Crippen LogP contribution in [-0.2, 0) is 14.9 Å². The average Bonchev–Trinajstić information content (AvgIpc) is 2.96. The Morgan fingerprint density at radius 3 is 2.48 bits per heavy atom. The molecule has 2 aliphatic heterocycles. The number of hydrogen-bond acceptors (Lipinski definition) is 4. The molecule has 5 heteroatoms. The molecule has 0 radical (unpaired) electrons.